The number of ether oxygens (including phenoxy) is 1. The van der Waals surface area contributed by atoms with E-state index in [0.29, 0.717) is 0 Å². The van der Waals surface area contributed by atoms with Crippen LogP contribution >= 0.6 is 11.3 Å². The molecule has 3 nitrogen and oxygen atoms in total. The molecule has 0 aromatic carbocycles. The zero-order chi connectivity index (χ0) is 10.3. The summed E-state index contributed by atoms with van der Waals surface area (Å²) >= 11 is 1.66. The zero-order valence-corrected chi connectivity index (χ0v) is 9.23. The third kappa shape index (κ3) is 1.36. The molecule has 0 amide bonds. The fourth-order valence-corrected chi connectivity index (χ4v) is 3.56. The van der Waals surface area contributed by atoms with Crippen molar-refractivity contribution in [3.05, 3.63) is 21.9 Å². The number of thiophene rings is 1. The van der Waals surface area contributed by atoms with Crippen molar-refractivity contribution < 1.29 is 9.53 Å². The van der Waals surface area contributed by atoms with Gasteiger partial charge >= 0.3 is 0 Å². The highest BCUT2D eigenvalue weighted by Gasteiger charge is 2.42. The number of hydrogen-bond acceptors (Lipinski definition) is 4. The van der Waals surface area contributed by atoms with Gasteiger partial charge in [-0.25, -0.2) is 0 Å². The van der Waals surface area contributed by atoms with Gasteiger partial charge in [0, 0.05) is 10.4 Å². The summed E-state index contributed by atoms with van der Waals surface area (Å²) in [5.41, 5.74) is 0.732. The number of carbonyl (C=O) groups is 1. The number of rotatable bonds is 0. The number of ketones is 1. The third-order valence-corrected chi connectivity index (χ3v) is 4.37. The molecule has 1 saturated heterocycles. The Hall–Kier alpha value is -0.710. The summed E-state index contributed by atoms with van der Waals surface area (Å²) in [4.78, 5) is 12.8. The molecule has 3 heterocycles. The topological polar surface area (TPSA) is 38.3 Å². The Bertz CT molecular complexity index is 393. The van der Waals surface area contributed by atoms with E-state index in [4.69, 9.17) is 4.74 Å². The normalized spacial score (nSPS) is 24.1. The number of Topliss-reactive ketones (excluding diaryl/α,β-unsaturated/α-hetero) is 1. The smallest absolute Gasteiger partial charge is 0.189 e. The Kier molecular flexibility index (Phi) is 2.16. The van der Waals surface area contributed by atoms with Crippen LogP contribution in [0.15, 0.2) is 11.4 Å². The molecule has 2 aliphatic rings. The van der Waals surface area contributed by atoms with Gasteiger partial charge in [0.2, 0.25) is 0 Å². The maximum absolute atomic E-state index is 11.6. The molecule has 0 unspecified atom stereocenters. The second kappa shape index (κ2) is 3.40. The number of hydrogen-bond donors (Lipinski definition) is 1. The second-order valence-corrected chi connectivity index (χ2v) is 5.04. The van der Waals surface area contributed by atoms with Gasteiger partial charge in [0.25, 0.3) is 0 Å². The molecule has 1 spiro atoms. The van der Waals surface area contributed by atoms with Gasteiger partial charge in [0.15, 0.2) is 5.78 Å². The molecule has 1 fully saturated rings. The molecule has 3 rings (SSSR count). The van der Waals surface area contributed by atoms with E-state index < -0.39 is 0 Å². The van der Waals surface area contributed by atoms with E-state index in [-0.39, 0.29) is 18.0 Å². The van der Waals surface area contributed by atoms with Crippen LogP contribution in [0.2, 0.25) is 0 Å². The summed E-state index contributed by atoms with van der Waals surface area (Å²) in [6, 6.07) is 1.94. The number of fused-ring (bicyclic) bond motifs is 2. The lowest BCUT2D eigenvalue weighted by Crippen LogP contribution is -2.45. The Morgan fingerprint density at radius 1 is 1.40 bits per heavy atom. The van der Waals surface area contributed by atoms with E-state index in [9.17, 15) is 4.79 Å². The van der Waals surface area contributed by atoms with Crippen LogP contribution in [-0.2, 0) is 10.3 Å². The first-order valence-electron chi connectivity index (χ1n) is 5.28. The van der Waals surface area contributed by atoms with Crippen molar-refractivity contribution in [3.63, 3.8) is 0 Å². The number of piperidine rings is 1. The Balaban J connectivity index is 2.06. The van der Waals surface area contributed by atoms with E-state index >= 15 is 0 Å². The lowest BCUT2D eigenvalue weighted by Gasteiger charge is -2.39. The van der Waals surface area contributed by atoms with Crippen molar-refractivity contribution in [1.29, 1.82) is 0 Å². The highest BCUT2D eigenvalue weighted by Crippen LogP contribution is 2.42. The molecule has 0 saturated carbocycles. The third-order valence-electron chi connectivity index (χ3n) is 3.27. The first-order chi connectivity index (χ1) is 7.32. The van der Waals surface area contributed by atoms with Crippen LogP contribution in [0.4, 0.5) is 0 Å². The predicted octanol–water partition coefficient (Wildman–Crippen LogP) is 1.54. The SMILES string of the molecule is O=C1COC2(CCNCC2)c2sccc21. The van der Waals surface area contributed by atoms with Crippen LogP contribution in [0.3, 0.4) is 0 Å². The van der Waals surface area contributed by atoms with Crippen LogP contribution in [0.25, 0.3) is 0 Å². The average Bonchev–Trinajstić information content (AvgIpc) is 2.76. The fraction of sp³-hybridized carbons (Fsp3) is 0.545. The quantitative estimate of drug-likeness (QED) is 0.725. The van der Waals surface area contributed by atoms with Crippen molar-refractivity contribution in [1.82, 2.24) is 5.32 Å². The van der Waals surface area contributed by atoms with Crippen molar-refractivity contribution >= 4 is 17.1 Å². The van der Waals surface area contributed by atoms with Gasteiger partial charge < -0.3 is 10.1 Å². The molecule has 1 N–H and O–H groups in total. The van der Waals surface area contributed by atoms with Gasteiger partial charge in [-0.05, 0) is 37.4 Å². The van der Waals surface area contributed by atoms with Crippen LogP contribution in [0.1, 0.15) is 28.1 Å². The van der Waals surface area contributed by atoms with E-state index in [1.807, 2.05) is 11.4 Å². The van der Waals surface area contributed by atoms with Crippen LogP contribution in [0, 0.1) is 0 Å². The maximum Gasteiger partial charge on any atom is 0.189 e. The molecule has 0 radical (unpaired) electrons. The Morgan fingerprint density at radius 3 is 3.00 bits per heavy atom. The summed E-state index contributed by atoms with van der Waals surface area (Å²) in [5.74, 6) is 0.135. The van der Waals surface area contributed by atoms with Crippen LogP contribution in [0.5, 0.6) is 0 Å². The molecule has 0 aliphatic carbocycles. The molecule has 1 aromatic heterocycles. The Morgan fingerprint density at radius 2 is 2.20 bits per heavy atom. The van der Waals surface area contributed by atoms with Gasteiger partial charge in [-0.3, -0.25) is 4.79 Å². The van der Waals surface area contributed by atoms with Gasteiger partial charge in [-0.15, -0.1) is 11.3 Å². The average molecular weight is 223 g/mol. The van der Waals surface area contributed by atoms with E-state index in [2.05, 4.69) is 5.32 Å². The van der Waals surface area contributed by atoms with Crippen LogP contribution in [-0.4, -0.2) is 25.5 Å². The number of carbonyl (C=O) groups excluding carboxylic acids is 1. The zero-order valence-electron chi connectivity index (χ0n) is 8.41. The summed E-state index contributed by atoms with van der Waals surface area (Å²) < 4.78 is 5.82. The highest BCUT2D eigenvalue weighted by atomic mass is 32.1. The molecule has 15 heavy (non-hydrogen) atoms. The van der Waals surface area contributed by atoms with Gasteiger partial charge in [-0.1, -0.05) is 0 Å². The summed E-state index contributed by atoms with van der Waals surface area (Å²) in [7, 11) is 0. The number of nitrogens with one attached hydrogen (secondary N) is 1. The van der Waals surface area contributed by atoms with Gasteiger partial charge in [0.1, 0.15) is 12.2 Å². The maximum atomic E-state index is 11.6. The minimum Gasteiger partial charge on any atom is -0.361 e. The van der Waals surface area contributed by atoms with E-state index in [0.717, 1.165) is 36.4 Å². The molecular formula is C11H13NO2S. The first kappa shape index (κ1) is 9.51. The lowest BCUT2D eigenvalue weighted by molar-refractivity contribution is -0.0655. The lowest BCUT2D eigenvalue weighted by atomic mass is 9.86. The minimum atomic E-state index is -0.164. The molecular weight excluding hydrogens is 210 g/mol. The van der Waals surface area contributed by atoms with E-state index in [1.165, 1.54) is 0 Å². The Labute approximate surface area is 92.4 Å². The molecule has 2 aliphatic heterocycles. The van der Waals surface area contributed by atoms with Crippen molar-refractivity contribution in [3.8, 4) is 0 Å². The molecule has 80 valence electrons. The highest BCUT2D eigenvalue weighted by molar-refractivity contribution is 7.10. The summed E-state index contributed by atoms with van der Waals surface area (Å²) in [6.45, 7) is 2.21. The minimum absolute atomic E-state index is 0.135. The second-order valence-electron chi connectivity index (χ2n) is 4.12. The first-order valence-corrected chi connectivity index (χ1v) is 6.16. The monoisotopic (exact) mass is 223 g/mol. The van der Waals surface area contributed by atoms with Crippen molar-refractivity contribution in [2.75, 3.05) is 19.7 Å². The predicted molar refractivity (Wildman–Crippen MR) is 58.4 cm³/mol. The summed E-state index contributed by atoms with van der Waals surface area (Å²) in [6.07, 6.45) is 1.96. The van der Waals surface area contributed by atoms with Gasteiger partial charge in [0.05, 0.1) is 0 Å². The van der Waals surface area contributed by atoms with E-state index in [1.54, 1.807) is 11.3 Å². The fourth-order valence-electron chi connectivity index (χ4n) is 2.43. The van der Waals surface area contributed by atoms with Crippen LogP contribution < -0.4 is 5.32 Å². The molecule has 0 atom stereocenters. The molecule has 0 bridgehead atoms. The van der Waals surface area contributed by atoms with Crippen molar-refractivity contribution in [2.45, 2.75) is 18.4 Å². The molecule has 1 aromatic rings. The van der Waals surface area contributed by atoms with Crippen molar-refractivity contribution in [2.24, 2.45) is 0 Å². The standard InChI is InChI=1S/C11H13NO2S/c13-9-7-14-11(2-4-12-5-3-11)10-8(9)1-6-15-10/h1,6,12H,2-5,7H2. The largest absolute Gasteiger partial charge is 0.361 e. The van der Waals surface area contributed by atoms with Gasteiger partial charge in [-0.2, -0.15) is 0 Å². The summed E-state index contributed by atoms with van der Waals surface area (Å²) in [5, 5.41) is 5.33. The molecule has 4 heteroatoms.